The third-order valence-electron chi connectivity index (χ3n) is 4.14. The second kappa shape index (κ2) is 7.88. The number of aryl methyl sites for hydroxylation is 2. The van der Waals surface area contributed by atoms with Crippen LogP contribution in [0, 0.1) is 0 Å². The summed E-state index contributed by atoms with van der Waals surface area (Å²) in [5, 5.41) is 15.1. The van der Waals surface area contributed by atoms with Crippen LogP contribution >= 0.6 is 22.7 Å². The minimum Gasteiger partial charge on any atom is -0.370 e. The van der Waals surface area contributed by atoms with Gasteiger partial charge in [-0.3, -0.25) is 10.1 Å². The molecule has 9 heteroatoms. The fraction of sp³-hybridized carbons (Fsp3) is 0.353. The summed E-state index contributed by atoms with van der Waals surface area (Å²) in [6.45, 7) is 0.774. The van der Waals surface area contributed by atoms with Crippen LogP contribution in [0.4, 0.5) is 10.9 Å². The third-order valence-corrected chi connectivity index (χ3v) is 5.96. The molecule has 1 aliphatic rings. The molecule has 26 heavy (non-hydrogen) atoms. The summed E-state index contributed by atoms with van der Waals surface area (Å²) in [5.41, 5.74) is 3.36. The van der Waals surface area contributed by atoms with Crippen LogP contribution in [0.2, 0.25) is 0 Å². The minimum absolute atomic E-state index is 0.242. The van der Waals surface area contributed by atoms with Crippen LogP contribution in [0.5, 0.6) is 0 Å². The molecule has 3 heterocycles. The lowest BCUT2D eigenvalue weighted by molar-refractivity contribution is 0.102. The number of carbonyl (C=O) groups is 1. The molecule has 0 aromatic carbocycles. The first-order valence-corrected chi connectivity index (χ1v) is 10.2. The molecule has 0 radical (unpaired) electrons. The fourth-order valence-electron chi connectivity index (χ4n) is 2.84. The molecule has 0 spiro atoms. The van der Waals surface area contributed by atoms with E-state index in [1.54, 1.807) is 17.8 Å². The van der Waals surface area contributed by atoms with Crippen LogP contribution in [-0.4, -0.2) is 32.6 Å². The maximum absolute atomic E-state index is 12.1. The highest BCUT2D eigenvalue weighted by atomic mass is 32.1. The van der Waals surface area contributed by atoms with E-state index < -0.39 is 0 Å². The molecule has 0 atom stereocenters. The van der Waals surface area contributed by atoms with Gasteiger partial charge in [0, 0.05) is 24.0 Å². The molecule has 0 saturated carbocycles. The molecular formula is C17H18N6OS2. The highest BCUT2D eigenvalue weighted by Gasteiger charge is 2.14. The first kappa shape index (κ1) is 17.0. The monoisotopic (exact) mass is 386 g/mol. The van der Waals surface area contributed by atoms with Gasteiger partial charge in [0.1, 0.15) is 11.3 Å². The average molecular weight is 387 g/mol. The van der Waals surface area contributed by atoms with Crippen molar-refractivity contribution in [2.75, 3.05) is 17.2 Å². The Morgan fingerprint density at radius 3 is 2.92 bits per heavy atom. The van der Waals surface area contributed by atoms with Gasteiger partial charge >= 0.3 is 0 Å². The molecule has 0 aliphatic heterocycles. The number of fused-ring (bicyclic) bond motifs is 1. The van der Waals surface area contributed by atoms with E-state index in [4.69, 9.17) is 4.98 Å². The van der Waals surface area contributed by atoms with Crippen molar-refractivity contribution in [3.63, 3.8) is 0 Å². The summed E-state index contributed by atoms with van der Waals surface area (Å²) in [6, 6.07) is 3.55. The number of aromatic nitrogens is 4. The Labute approximate surface area is 158 Å². The van der Waals surface area contributed by atoms with Gasteiger partial charge in [0.15, 0.2) is 0 Å². The summed E-state index contributed by atoms with van der Waals surface area (Å²) in [6.07, 6.45) is 7.30. The Balaban J connectivity index is 1.28. The topological polar surface area (TPSA) is 92.7 Å². The van der Waals surface area contributed by atoms with Crippen molar-refractivity contribution >= 4 is 39.5 Å². The van der Waals surface area contributed by atoms with Crippen molar-refractivity contribution in [1.82, 2.24) is 20.2 Å². The summed E-state index contributed by atoms with van der Waals surface area (Å²) in [4.78, 5) is 22.6. The number of nitrogens with one attached hydrogen (secondary N) is 2. The Bertz CT molecular complexity index is 852. The molecule has 2 N–H and O–H groups in total. The van der Waals surface area contributed by atoms with Crippen LogP contribution in [-0.2, 0) is 19.3 Å². The van der Waals surface area contributed by atoms with Crippen molar-refractivity contribution < 1.29 is 4.79 Å². The minimum atomic E-state index is -0.242. The molecule has 4 rings (SSSR count). The van der Waals surface area contributed by atoms with Gasteiger partial charge < -0.3 is 5.32 Å². The van der Waals surface area contributed by atoms with Gasteiger partial charge in [-0.25, -0.2) is 9.97 Å². The van der Waals surface area contributed by atoms with E-state index >= 15 is 0 Å². The molecule has 134 valence electrons. The number of hydrogen-bond acceptors (Lipinski definition) is 8. The van der Waals surface area contributed by atoms with Crippen LogP contribution < -0.4 is 10.6 Å². The van der Waals surface area contributed by atoms with E-state index in [1.165, 1.54) is 46.2 Å². The quantitative estimate of drug-likeness (QED) is 0.676. The number of anilines is 2. The van der Waals surface area contributed by atoms with E-state index in [-0.39, 0.29) is 5.91 Å². The number of rotatable bonds is 6. The molecule has 0 saturated heterocycles. The van der Waals surface area contributed by atoms with Gasteiger partial charge in [-0.1, -0.05) is 11.3 Å². The fourth-order valence-corrected chi connectivity index (χ4v) is 4.44. The molecule has 3 aromatic rings. The number of nitrogens with zero attached hydrogens (tertiary/aromatic N) is 4. The van der Waals surface area contributed by atoms with Crippen LogP contribution in [0.1, 0.15) is 38.8 Å². The van der Waals surface area contributed by atoms with Gasteiger partial charge in [0.2, 0.25) is 5.13 Å². The number of hydrogen-bond donors (Lipinski definition) is 2. The standard InChI is InChI=1S/C17H18N6OS2/c24-16(22-17-23-20-10-25-17)11-5-6-14(19-9-11)18-8-7-15-21-12-3-1-2-4-13(12)26-15/h5-6,9-10H,1-4,7-8H2,(H,18,19)(H,22,23,24). The summed E-state index contributed by atoms with van der Waals surface area (Å²) in [7, 11) is 0. The van der Waals surface area contributed by atoms with Gasteiger partial charge in [-0.2, -0.15) is 0 Å². The van der Waals surface area contributed by atoms with Crippen molar-refractivity contribution in [1.29, 1.82) is 0 Å². The number of carbonyl (C=O) groups excluding carboxylic acids is 1. The lowest BCUT2D eigenvalue weighted by atomic mass is 10.0. The molecular weight excluding hydrogens is 368 g/mol. The molecule has 1 amide bonds. The van der Waals surface area contributed by atoms with E-state index in [1.807, 2.05) is 17.4 Å². The highest BCUT2D eigenvalue weighted by Crippen LogP contribution is 2.26. The second-order valence-corrected chi connectivity index (χ2v) is 7.99. The maximum atomic E-state index is 12.1. The predicted molar refractivity (Wildman–Crippen MR) is 103 cm³/mol. The molecule has 1 aliphatic carbocycles. The number of thiazole rings is 1. The maximum Gasteiger partial charge on any atom is 0.259 e. The summed E-state index contributed by atoms with van der Waals surface area (Å²) < 4.78 is 0. The lowest BCUT2D eigenvalue weighted by Gasteiger charge is -2.06. The Morgan fingerprint density at radius 1 is 1.23 bits per heavy atom. The Morgan fingerprint density at radius 2 is 2.15 bits per heavy atom. The van der Waals surface area contributed by atoms with Gasteiger partial charge in [-0.15, -0.1) is 21.5 Å². The normalized spacial score (nSPS) is 13.2. The molecule has 3 aromatic heterocycles. The van der Waals surface area contributed by atoms with E-state index in [0.29, 0.717) is 10.7 Å². The van der Waals surface area contributed by atoms with Gasteiger partial charge in [0.25, 0.3) is 5.91 Å². The molecule has 0 bridgehead atoms. The van der Waals surface area contributed by atoms with Crippen LogP contribution in [0.15, 0.2) is 23.8 Å². The van der Waals surface area contributed by atoms with Crippen molar-refractivity contribution in [2.24, 2.45) is 0 Å². The molecule has 7 nitrogen and oxygen atoms in total. The van der Waals surface area contributed by atoms with E-state index in [0.717, 1.165) is 25.2 Å². The second-order valence-electron chi connectivity index (χ2n) is 5.99. The van der Waals surface area contributed by atoms with Gasteiger partial charge in [0.05, 0.1) is 16.3 Å². The molecule has 0 unspecified atom stereocenters. The summed E-state index contributed by atoms with van der Waals surface area (Å²) in [5.74, 6) is 0.507. The predicted octanol–water partition coefficient (Wildman–Crippen LogP) is 3.18. The van der Waals surface area contributed by atoms with E-state index in [2.05, 4.69) is 25.8 Å². The lowest BCUT2D eigenvalue weighted by Crippen LogP contribution is -2.13. The highest BCUT2D eigenvalue weighted by molar-refractivity contribution is 7.13. The first-order valence-electron chi connectivity index (χ1n) is 8.53. The largest absolute Gasteiger partial charge is 0.370 e. The van der Waals surface area contributed by atoms with Crippen LogP contribution in [0.25, 0.3) is 0 Å². The third kappa shape index (κ3) is 4.05. The van der Waals surface area contributed by atoms with Gasteiger partial charge in [-0.05, 0) is 37.8 Å². The Kier molecular flexibility index (Phi) is 5.16. The SMILES string of the molecule is O=C(Nc1nncs1)c1ccc(NCCc2nc3c(s2)CCCC3)nc1. The summed E-state index contributed by atoms with van der Waals surface area (Å²) >= 11 is 3.12. The molecule has 0 fully saturated rings. The van der Waals surface area contributed by atoms with Crippen molar-refractivity contribution in [2.45, 2.75) is 32.1 Å². The first-order chi connectivity index (χ1) is 12.8. The Hall–Kier alpha value is -2.39. The van der Waals surface area contributed by atoms with Crippen molar-refractivity contribution in [3.8, 4) is 0 Å². The van der Waals surface area contributed by atoms with Crippen LogP contribution in [0.3, 0.4) is 0 Å². The zero-order valence-corrected chi connectivity index (χ0v) is 15.7. The zero-order chi connectivity index (χ0) is 17.8. The number of amides is 1. The average Bonchev–Trinajstić information content (AvgIpc) is 3.31. The zero-order valence-electron chi connectivity index (χ0n) is 14.1. The van der Waals surface area contributed by atoms with E-state index in [9.17, 15) is 4.79 Å². The smallest absolute Gasteiger partial charge is 0.259 e. The number of pyridine rings is 1. The van der Waals surface area contributed by atoms with Crippen molar-refractivity contribution in [3.05, 3.63) is 45.0 Å².